The molecular formula is C26H33ClN2O2S. The minimum absolute atomic E-state index is 0.0566. The molecule has 2 fully saturated rings. The van der Waals surface area contributed by atoms with Gasteiger partial charge in [-0.3, -0.25) is 0 Å². The lowest BCUT2D eigenvalue weighted by atomic mass is 9.72. The highest BCUT2D eigenvalue weighted by Crippen LogP contribution is 2.48. The molecule has 2 aliphatic carbocycles. The first-order valence-electron chi connectivity index (χ1n) is 12.0. The predicted molar refractivity (Wildman–Crippen MR) is 131 cm³/mol. The van der Waals surface area contributed by atoms with Gasteiger partial charge in [0.2, 0.25) is 10.0 Å². The zero-order chi connectivity index (χ0) is 22.5. The molecule has 4 nitrogen and oxygen atoms in total. The van der Waals surface area contributed by atoms with Crippen molar-refractivity contribution in [3.05, 3.63) is 53.1 Å². The van der Waals surface area contributed by atoms with Gasteiger partial charge in [0.15, 0.2) is 0 Å². The van der Waals surface area contributed by atoms with Crippen molar-refractivity contribution in [2.45, 2.75) is 68.7 Å². The van der Waals surface area contributed by atoms with Crippen LogP contribution in [0.5, 0.6) is 0 Å². The second-order valence-electron chi connectivity index (χ2n) is 10.0. The predicted octanol–water partition coefficient (Wildman–Crippen LogP) is 6.57. The molecule has 0 amide bonds. The van der Waals surface area contributed by atoms with Crippen molar-refractivity contribution in [3.8, 4) is 0 Å². The van der Waals surface area contributed by atoms with Crippen molar-refractivity contribution in [1.82, 2.24) is 4.31 Å². The number of hydrogen-bond acceptors (Lipinski definition) is 3. The van der Waals surface area contributed by atoms with Gasteiger partial charge in [-0.15, -0.1) is 0 Å². The van der Waals surface area contributed by atoms with E-state index in [1.165, 1.54) is 19.3 Å². The van der Waals surface area contributed by atoms with E-state index < -0.39 is 10.0 Å². The highest BCUT2D eigenvalue weighted by molar-refractivity contribution is 7.89. The second kappa shape index (κ2) is 8.66. The lowest BCUT2D eigenvalue weighted by Gasteiger charge is -2.36. The van der Waals surface area contributed by atoms with Crippen molar-refractivity contribution >= 4 is 33.0 Å². The third kappa shape index (κ3) is 3.86. The molecule has 1 aliphatic heterocycles. The standard InChI is InChI=1S/C26H33ClN2O2S/c1-18-13-20(14-18)22-15-26-24(16-23(22)27)29(21-11-7-4-8-12-21)17-25(28(2)32(26,30)31)19-9-5-3-6-10-19/h4,7-8,11-12,15-16,18-20,25H,3,5-6,9-10,13-14,17H2,1-2H3/t18?,20?,25-/m0/s1. The largest absolute Gasteiger partial charge is 0.339 e. The van der Waals surface area contributed by atoms with E-state index in [0.717, 1.165) is 36.9 Å². The number of para-hydroxylation sites is 1. The smallest absolute Gasteiger partial charge is 0.245 e. The van der Waals surface area contributed by atoms with Crippen LogP contribution in [-0.4, -0.2) is 32.4 Å². The van der Waals surface area contributed by atoms with Crippen LogP contribution in [0.1, 0.15) is 63.4 Å². The topological polar surface area (TPSA) is 40.6 Å². The molecule has 0 aromatic heterocycles. The average Bonchev–Trinajstić information content (AvgIpc) is 2.86. The van der Waals surface area contributed by atoms with E-state index in [-0.39, 0.29) is 6.04 Å². The molecule has 2 aromatic rings. The summed E-state index contributed by atoms with van der Waals surface area (Å²) in [6.45, 7) is 2.89. The van der Waals surface area contributed by atoms with Crippen LogP contribution in [0.25, 0.3) is 0 Å². The van der Waals surface area contributed by atoms with E-state index in [4.69, 9.17) is 11.6 Å². The monoisotopic (exact) mass is 472 g/mol. The number of halogens is 1. The van der Waals surface area contributed by atoms with Crippen molar-refractivity contribution in [2.75, 3.05) is 18.5 Å². The zero-order valence-electron chi connectivity index (χ0n) is 19.0. The van der Waals surface area contributed by atoms with Gasteiger partial charge >= 0.3 is 0 Å². The molecule has 0 bridgehead atoms. The van der Waals surface area contributed by atoms with E-state index in [1.807, 2.05) is 30.3 Å². The lowest BCUT2D eigenvalue weighted by Crippen LogP contribution is -2.46. The third-order valence-electron chi connectivity index (χ3n) is 7.94. The highest BCUT2D eigenvalue weighted by Gasteiger charge is 2.41. The number of likely N-dealkylation sites (N-methyl/N-ethyl adjacent to an activating group) is 1. The fourth-order valence-corrected chi connectivity index (χ4v) is 7.92. The van der Waals surface area contributed by atoms with Gasteiger partial charge in [-0.05, 0) is 73.3 Å². The molecule has 6 heteroatoms. The summed E-state index contributed by atoms with van der Waals surface area (Å²) in [6.07, 6.45) is 7.95. The molecule has 0 N–H and O–H groups in total. The van der Waals surface area contributed by atoms with Crippen molar-refractivity contribution in [2.24, 2.45) is 11.8 Å². The quantitative estimate of drug-likeness (QED) is 0.506. The highest BCUT2D eigenvalue weighted by atomic mass is 35.5. The van der Waals surface area contributed by atoms with Crippen LogP contribution < -0.4 is 4.90 Å². The molecule has 0 unspecified atom stereocenters. The Morgan fingerprint density at radius 1 is 1.00 bits per heavy atom. The first kappa shape index (κ1) is 22.2. The molecule has 3 aliphatic rings. The number of benzene rings is 2. The Balaban J connectivity index is 1.66. The van der Waals surface area contributed by atoms with Crippen LogP contribution in [-0.2, 0) is 10.0 Å². The molecule has 32 heavy (non-hydrogen) atoms. The van der Waals surface area contributed by atoms with Crippen molar-refractivity contribution in [3.63, 3.8) is 0 Å². The average molecular weight is 473 g/mol. The Kier molecular flexibility index (Phi) is 6.02. The summed E-state index contributed by atoms with van der Waals surface area (Å²) in [7, 11) is -1.85. The molecule has 1 atom stereocenters. The second-order valence-corrected chi connectivity index (χ2v) is 12.4. The van der Waals surface area contributed by atoms with Gasteiger partial charge in [0.1, 0.15) is 4.90 Å². The van der Waals surface area contributed by atoms with Gasteiger partial charge in [0.25, 0.3) is 0 Å². The summed E-state index contributed by atoms with van der Waals surface area (Å²) in [4.78, 5) is 2.59. The number of sulfonamides is 1. The van der Waals surface area contributed by atoms with E-state index in [1.54, 1.807) is 11.4 Å². The fourth-order valence-electron chi connectivity index (χ4n) is 6.00. The van der Waals surface area contributed by atoms with Gasteiger partial charge in [-0.25, -0.2) is 8.42 Å². The van der Waals surface area contributed by atoms with Crippen LogP contribution in [0.4, 0.5) is 11.4 Å². The van der Waals surface area contributed by atoms with Crippen molar-refractivity contribution in [1.29, 1.82) is 0 Å². The SMILES string of the molecule is CC1CC(c2cc3c(cc2Cl)N(c2ccccc2)C[C@@H](C2CCCCC2)N(C)S3(=O)=O)C1. The van der Waals surface area contributed by atoms with Gasteiger partial charge in [0.05, 0.1) is 5.69 Å². The maximum Gasteiger partial charge on any atom is 0.245 e. The first-order valence-corrected chi connectivity index (χ1v) is 13.8. The molecule has 2 aromatic carbocycles. The Labute approximate surface area is 197 Å². The van der Waals surface area contributed by atoms with Crippen LogP contribution in [0.2, 0.25) is 5.02 Å². The Morgan fingerprint density at radius 2 is 1.69 bits per heavy atom. The van der Waals surface area contributed by atoms with E-state index >= 15 is 0 Å². The van der Waals surface area contributed by atoms with Crippen LogP contribution in [0.15, 0.2) is 47.4 Å². The normalized spacial score (nSPS) is 28.6. The van der Waals surface area contributed by atoms with Gasteiger partial charge in [0, 0.05) is 30.3 Å². The molecule has 1 heterocycles. The summed E-state index contributed by atoms with van der Waals surface area (Å²) in [5.74, 6) is 1.41. The maximum atomic E-state index is 14.0. The van der Waals surface area contributed by atoms with Crippen LogP contribution in [0, 0.1) is 11.8 Å². The molecule has 2 saturated carbocycles. The molecular weight excluding hydrogens is 440 g/mol. The van der Waals surface area contributed by atoms with Gasteiger partial charge in [-0.2, -0.15) is 4.31 Å². The third-order valence-corrected chi connectivity index (χ3v) is 10.2. The molecule has 0 saturated heterocycles. The lowest BCUT2D eigenvalue weighted by molar-refractivity contribution is 0.218. The van der Waals surface area contributed by atoms with Gasteiger partial charge < -0.3 is 4.90 Å². The summed E-state index contributed by atoms with van der Waals surface area (Å²) < 4.78 is 29.6. The number of fused-ring (bicyclic) bond motifs is 1. The fraction of sp³-hybridized carbons (Fsp3) is 0.538. The van der Waals surface area contributed by atoms with E-state index in [0.29, 0.717) is 39.9 Å². The number of rotatable bonds is 3. The molecule has 0 spiro atoms. The number of anilines is 2. The Bertz CT molecular complexity index is 1080. The molecule has 5 rings (SSSR count). The summed E-state index contributed by atoms with van der Waals surface area (Å²) in [5.41, 5.74) is 2.72. The summed E-state index contributed by atoms with van der Waals surface area (Å²) in [5, 5.41) is 0.690. The summed E-state index contributed by atoms with van der Waals surface area (Å²) in [6, 6.07) is 13.9. The maximum absolute atomic E-state index is 14.0. The van der Waals surface area contributed by atoms with Crippen LogP contribution >= 0.6 is 11.6 Å². The van der Waals surface area contributed by atoms with E-state index in [9.17, 15) is 8.42 Å². The number of nitrogens with zero attached hydrogens (tertiary/aromatic N) is 2. The summed E-state index contributed by atoms with van der Waals surface area (Å²) >= 11 is 6.80. The Hall–Kier alpha value is -1.56. The number of hydrogen-bond donors (Lipinski definition) is 0. The first-order chi connectivity index (χ1) is 15.4. The minimum Gasteiger partial charge on any atom is -0.339 e. The van der Waals surface area contributed by atoms with E-state index in [2.05, 4.69) is 24.0 Å². The van der Waals surface area contributed by atoms with Crippen molar-refractivity contribution < 1.29 is 8.42 Å². The zero-order valence-corrected chi connectivity index (χ0v) is 20.6. The molecule has 172 valence electrons. The Morgan fingerprint density at radius 3 is 2.34 bits per heavy atom. The van der Waals surface area contributed by atoms with Gasteiger partial charge in [-0.1, -0.05) is 56.0 Å². The molecule has 0 radical (unpaired) electrons. The minimum atomic E-state index is -3.63. The van der Waals surface area contributed by atoms with Crippen LogP contribution in [0.3, 0.4) is 0 Å².